The zero-order valence-electron chi connectivity index (χ0n) is 27.8. The fourth-order valence-corrected chi connectivity index (χ4v) is 23.8. The molecule has 48 heavy (non-hydrogen) atoms. The SMILES string of the molecule is C=Cc1ccc2c(c1)C1C3=C4C5C6C7=C8C9C(C=CC3C95)C3C=CC5C9CCC%10C%11CCC%12C(C4C4C%12C%11C%11C%10C9C(C7C%11C64)C5C83)C21. The van der Waals surface area contributed by atoms with Crippen molar-refractivity contribution in [2.45, 2.75) is 37.5 Å². The van der Waals surface area contributed by atoms with E-state index in [9.17, 15) is 0 Å². The van der Waals surface area contributed by atoms with Crippen molar-refractivity contribution in [1.29, 1.82) is 0 Å². The van der Waals surface area contributed by atoms with Crippen LogP contribution in [0.4, 0.5) is 0 Å². The van der Waals surface area contributed by atoms with Crippen molar-refractivity contribution < 1.29 is 0 Å². The van der Waals surface area contributed by atoms with Crippen LogP contribution in [-0.2, 0) is 0 Å². The second kappa shape index (κ2) is 6.56. The number of hydrogen-bond acceptors (Lipinski definition) is 0. The highest BCUT2D eigenvalue weighted by molar-refractivity contribution is 5.65. The smallest absolute Gasteiger partial charge is 0.0132 e. The standard InChI is InChI=1S/C48H46/c1-2-14-3-4-21-24(13-14)36-25(21)32-22-11-9-19-17-7-5-15-16-6-8-18-20-10-12-23-34-31(20)39-29(18)27(16)37-26(15)28(17)38-30(19)33(22)42-40(32)41(35(23)36)43(34)48-46(39)44(37)45(38)47(42)48/h2-4,6,8,10,12-13,15-20,22-23,25-34,36-38,40,42-45,47-48H,1,5,7,9,11H2. The van der Waals surface area contributed by atoms with Crippen LogP contribution in [-0.4, -0.2) is 0 Å². The Labute approximate surface area is 284 Å². The molecule has 1 aromatic carbocycles. The van der Waals surface area contributed by atoms with Gasteiger partial charge < -0.3 is 0 Å². The van der Waals surface area contributed by atoms with E-state index in [4.69, 9.17) is 0 Å². The van der Waals surface area contributed by atoms with Gasteiger partial charge in [0.2, 0.25) is 0 Å². The maximum Gasteiger partial charge on any atom is 0.0132 e. The Morgan fingerprint density at radius 2 is 1.04 bits per heavy atom. The minimum Gasteiger partial charge on any atom is -0.0985 e. The first-order chi connectivity index (χ1) is 23.8. The average molecular weight is 623 g/mol. The van der Waals surface area contributed by atoms with E-state index in [2.05, 4.69) is 77.5 Å². The summed E-state index contributed by atoms with van der Waals surface area (Å²) >= 11 is 0. The third kappa shape index (κ3) is 1.78. The molecule has 0 N–H and O–H groups in total. The summed E-state index contributed by atoms with van der Waals surface area (Å²) in [6, 6.07) is 7.71. The molecule has 18 rings (SSSR count). The summed E-state index contributed by atoms with van der Waals surface area (Å²) in [5.74, 6) is 27.9. The third-order valence-electron chi connectivity index (χ3n) is 22.9. The average Bonchev–Trinajstić information content (AvgIpc) is 3.93. The van der Waals surface area contributed by atoms with Crippen LogP contribution in [0, 0.1) is 154 Å². The second-order valence-corrected chi connectivity index (χ2v) is 21.8. The van der Waals surface area contributed by atoms with Crippen molar-refractivity contribution in [1.82, 2.24) is 0 Å². The molecule has 10 fully saturated rings. The molecule has 17 aliphatic rings. The molecular weight excluding hydrogens is 577 g/mol. The van der Waals surface area contributed by atoms with Gasteiger partial charge in [-0.2, -0.15) is 0 Å². The van der Waals surface area contributed by atoms with Crippen molar-refractivity contribution in [2.75, 3.05) is 0 Å². The Hall–Kier alpha value is -2.08. The fourth-order valence-electron chi connectivity index (χ4n) is 23.8. The predicted octanol–water partition coefficient (Wildman–Crippen LogP) is 9.02. The van der Waals surface area contributed by atoms with Crippen molar-refractivity contribution >= 4 is 6.08 Å². The first kappa shape index (κ1) is 23.4. The van der Waals surface area contributed by atoms with Crippen LogP contribution in [0.25, 0.3) is 6.08 Å². The molecule has 0 radical (unpaired) electrons. The lowest BCUT2D eigenvalue weighted by Gasteiger charge is -2.61. The summed E-state index contributed by atoms with van der Waals surface area (Å²) in [6.07, 6.45) is 20.3. The van der Waals surface area contributed by atoms with Gasteiger partial charge in [-0.1, -0.05) is 77.5 Å². The summed E-state index contributed by atoms with van der Waals surface area (Å²) < 4.78 is 0. The van der Waals surface area contributed by atoms with Crippen LogP contribution in [0.3, 0.4) is 0 Å². The second-order valence-electron chi connectivity index (χ2n) is 21.8. The zero-order valence-corrected chi connectivity index (χ0v) is 27.8. The summed E-state index contributed by atoms with van der Waals surface area (Å²) in [5, 5.41) is 0. The Bertz CT molecular complexity index is 2090. The number of hydrogen-bond donors (Lipinski definition) is 0. The highest BCUT2D eigenvalue weighted by Crippen LogP contribution is 2.92. The summed E-state index contributed by atoms with van der Waals surface area (Å²) in [7, 11) is 0. The summed E-state index contributed by atoms with van der Waals surface area (Å²) in [4.78, 5) is 0. The van der Waals surface area contributed by atoms with Gasteiger partial charge in [-0.15, -0.1) is 0 Å². The lowest BCUT2D eigenvalue weighted by molar-refractivity contribution is -0.127. The van der Waals surface area contributed by atoms with Crippen LogP contribution in [0.2, 0.25) is 0 Å². The van der Waals surface area contributed by atoms with Gasteiger partial charge >= 0.3 is 0 Å². The molecular formula is C48H46. The van der Waals surface area contributed by atoms with Crippen LogP contribution in [0.1, 0.15) is 54.2 Å². The van der Waals surface area contributed by atoms with E-state index in [1.807, 2.05) is 5.56 Å². The Balaban J connectivity index is 1.01. The molecule has 0 bridgehead atoms. The van der Waals surface area contributed by atoms with E-state index in [0.717, 1.165) is 166 Å². The van der Waals surface area contributed by atoms with E-state index >= 15 is 0 Å². The van der Waals surface area contributed by atoms with Gasteiger partial charge in [0.1, 0.15) is 0 Å². The lowest BCUT2D eigenvalue weighted by atomic mass is 9.43. The zero-order chi connectivity index (χ0) is 29.7. The molecule has 17 aliphatic carbocycles. The van der Waals surface area contributed by atoms with Gasteiger partial charge in [0, 0.05) is 11.8 Å². The first-order valence-electron chi connectivity index (χ1n) is 21.5. The molecule has 28 unspecified atom stereocenters. The maximum atomic E-state index is 4.25. The molecule has 0 aromatic heterocycles. The molecule has 28 atom stereocenters. The molecule has 0 amide bonds. The molecule has 0 heteroatoms. The molecule has 0 spiro atoms. The van der Waals surface area contributed by atoms with Crippen LogP contribution in [0.5, 0.6) is 0 Å². The van der Waals surface area contributed by atoms with Crippen molar-refractivity contribution in [2.24, 2.45) is 154 Å². The molecule has 1 aromatic rings. The molecule has 10 saturated carbocycles. The van der Waals surface area contributed by atoms with Crippen LogP contribution in [0.15, 0.2) is 71.4 Å². The van der Waals surface area contributed by atoms with Crippen LogP contribution >= 0.6 is 0 Å². The fraction of sp³-hybridized carbons (Fsp3) is 0.667. The molecule has 0 aliphatic heterocycles. The Kier molecular flexibility index (Phi) is 3.20. The molecule has 0 saturated heterocycles. The Morgan fingerprint density at radius 1 is 0.438 bits per heavy atom. The number of benzene rings is 1. The summed E-state index contributed by atoms with van der Waals surface area (Å²) in [6.45, 7) is 4.25. The number of rotatable bonds is 1. The number of fused-ring (bicyclic) bond motifs is 11. The van der Waals surface area contributed by atoms with E-state index in [0.29, 0.717) is 0 Å². The quantitative estimate of drug-likeness (QED) is 0.274. The minimum atomic E-state index is 0.736. The maximum absolute atomic E-state index is 4.25. The van der Waals surface area contributed by atoms with Crippen molar-refractivity contribution in [3.8, 4) is 0 Å². The largest absolute Gasteiger partial charge is 0.0985 e. The van der Waals surface area contributed by atoms with E-state index in [1.54, 1.807) is 31.2 Å². The Morgan fingerprint density at radius 3 is 1.92 bits per heavy atom. The van der Waals surface area contributed by atoms with E-state index in [1.165, 1.54) is 5.56 Å². The highest BCUT2D eigenvalue weighted by Gasteiger charge is 2.86. The predicted molar refractivity (Wildman–Crippen MR) is 184 cm³/mol. The van der Waals surface area contributed by atoms with Gasteiger partial charge in [0.15, 0.2) is 0 Å². The van der Waals surface area contributed by atoms with Crippen molar-refractivity contribution in [3.63, 3.8) is 0 Å². The molecule has 0 heterocycles. The first-order valence-corrected chi connectivity index (χ1v) is 21.5. The van der Waals surface area contributed by atoms with Gasteiger partial charge in [-0.3, -0.25) is 0 Å². The van der Waals surface area contributed by atoms with Gasteiger partial charge in [-0.05, 0) is 196 Å². The van der Waals surface area contributed by atoms with E-state index < -0.39 is 0 Å². The molecule has 238 valence electrons. The topological polar surface area (TPSA) is 0 Å². The van der Waals surface area contributed by atoms with Gasteiger partial charge in [0.25, 0.3) is 0 Å². The summed E-state index contributed by atoms with van der Waals surface area (Å²) in [5.41, 5.74) is 13.8. The lowest BCUT2D eigenvalue weighted by Crippen LogP contribution is -2.57. The number of allylic oxidation sites excluding steroid dienone is 8. The highest BCUT2D eigenvalue weighted by atomic mass is 14.9. The monoisotopic (exact) mass is 622 g/mol. The third-order valence-corrected chi connectivity index (χ3v) is 22.9. The van der Waals surface area contributed by atoms with Gasteiger partial charge in [0.05, 0.1) is 0 Å². The minimum absolute atomic E-state index is 0.736. The van der Waals surface area contributed by atoms with Crippen molar-refractivity contribution in [3.05, 3.63) is 88.1 Å². The van der Waals surface area contributed by atoms with Crippen LogP contribution < -0.4 is 0 Å². The normalized spacial score (nSPS) is 71.2. The molecule has 0 nitrogen and oxygen atoms in total. The van der Waals surface area contributed by atoms with Gasteiger partial charge in [-0.25, -0.2) is 0 Å². The van der Waals surface area contributed by atoms with E-state index in [-0.39, 0.29) is 0 Å².